The van der Waals surface area contributed by atoms with Gasteiger partial charge in [-0.3, -0.25) is 4.79 Å². The van der Waals surface area contributed by atoms with E-state index in [1.807, 2.05) is 0 Å². The van der Waals surface area contributed by atoms with E-state index in [9.17, 15) is 9.18 Å². The van der Waals surface area contributed by atoms with E-state index >= 15 is 0 Å². The Morgan fingerprint density at radius 3 is 2.64 bits per heavy atom. The van der Waals surface area contributed by atoms with E-state index in [0.717, 1.165) is 0 Å². The number of rotatable bonds is 2. The van der Waals surface area contributed by atoms with E-state index in [2.05, 4.69) is 5.32 Å². The molecule has 1 aromatic carbocycles. The molecule has 1 aliphatic rings. The molecule has 0 unspecified atom stereocenters. The van der Waals surface area contributed by atoms with Crippen molar-refractivity contribution in [2.45, 2.75) is 13.0 Å². The van der Waals surface area contributed by atoms with Gasteiger partial charge in [0.1, 0.15) is 5.82 Å². The maximum atomic E-state index is 14.3. The van der Waals surface area contributed by atoms with Crippen molar-refractivity contribution in [1.82, 2.24) is 15.1 Å². The van der Waals surface area contributed by atoms with Crippen LogP contribution in [0, 0.1) is 5.82 Å². The second-order valence-electron chi connectivity index (χ2n) is 5.28. The minimum Gasteiger partial charge on any atom is -0.351 e. The number of likely N-dealkylation sites (N-methyl/N-ethyl adjacent to an activating group) is 1. The van der Waals surface area contributed by atoms with Gasteiger partial charge in [-0.05, 0) is 31.3 Å². The summed E-state index contributed by atoms with van der Waals surface area (Å²) >= 11 is 11.4. The smallest absolute Gasteiger partial charge is 0.253 e. The number of carbonyl (C=O) groups is 1. The summed E-state index contributed by atoms with van der Waals surface area (Å²) in [6.07, 6.45) is 0. The van der Waals surface area contributed by atoms with Gasteiger partial charge in [-0.25, -0.2) is 4.39 Å². The van der Waals surface area contributed by atoms with Crippen LogP contribution in [0.2, 0.25) is 5.02 Å². The summed E-state index contributed by atoms with van der Waals surface area (Å²) in [5, 5.41) is 3.67. The van der Waals surface area contributed by atoms with E-state index in [1.54, 1.807) is 39.0 Å². The molecule has 0 bridgehead atoms. The van der Waals surface area contributed by atoms with Gasteiger partial charge in [0.25, 0.3) is 5.91 Å². The van der Waals surface area contributed by atoms with Crippen molar-refractivity contribution < 1.29 is 9.18 Å². The summed E-state index contributed by atoms with van der Waals surface area (Å²) in [6.45, 7) is 1.78. The first-order chi connectivity index (χ1) is 10.3. The summed E-state index contributed by atoms with van der Waals surface area (Å²) in [7, 11) is 5.05. The monoisotopic (exact) mass is 341 g/mol. The maximum absolute atomic E-state index is 14.3. The third kappa shape index (κ3) is 2.80. The molecule has 7 heteroatoms. The van der Waals surface area contributed by atoms with Gasteiger partial charge in [0.05, 0.1) is 11.6 Å². The molecule has 0 spiro atoms. The zero-order valence-corrected chi connectivity index (χ0v) is 14.3. The highest BCUT2D eigenvalue weighted by Crippen LogP contribution is 2.35. The van der Waals surface area contributed by atoms with Crippen molar-refractivity contribution in [3.8, 4) is 0 Å². The molecule has 4 nitrogen and oxygen atoms in total. The molecule has 1 amide bonds. The average molecular weight is 342 g/mol. The van der Waals surface area contributed by atoms with Crippen LogP contribution in [0.4, 0.5) is 4.39 Å². The Kier molecular flexibility index (Phi) is 4.72. The lowest BCUT2D eigenvalue weighted by atomic mass is 9.93. The standard InChI is InChI=1S/C15H17ClFN3OS/c1-8-11(14(21)19(2)3)13(18-15(22)20(8)4)12-9(16)6-5-7-10(12)17/h5-7,13H,1-4H3,(H,18,22)/t13-/m0/s1. The predicted molar refractivity (Wildman–Crippen MR) is 89.0 cm³/mol. The van der Waals surface area contributed by atoms with Gasteiger partial charge in [0, 0.05) is 37.4 Å². The van der Waals surface area contributed by atoms with Crippen LogP contribution in [-0.4, -0.2) is 42.0 Å². The third-order valence-electron chi connectivity index (χ3n) is 3.68. The Morgan fingerprint density at radius 1 is 1.45 bits per heavy atom. The quantitative estimate of drug-likeness (QED) is 0.839. The fourth-order valence-corrected chi connectivity index (χ4v) is 2.88. The molecular formula is C15H17ClFN3OS. The van der Waals surface area contributed by atoms with E-state index < -0.39 is 11.9 Å². The molecular weight excluding hydrogens is 325 g/mol. The molecule has 0 saturated heterocycles. The highest BCUT2D eigenvalue weighted by Gasteiger charge is 2.35. The molecule has 0 fully saturated rings. The van der Waals surface area contributed by atoms with Gasteiger partial charge in [-0.1, -0.05) is 17.7 Å². The number of thiocarbonyl (C=S) groups is 1. The summed E-state index contributed by atoms with van der Waals surface area (Å²) in [4.78, 5) is 15.7. The van der Waals surface area contributed by atoms with Crippen LogP contribution in [0.1, 0.15) is 18.5 Å². The normalized spacial score (nSPS) is 18.4. The molecule has 0 aromatic heterocycles. The zero-order chi connectivity index (χ0) is 16.6. The van der Waals surface area contributed by atoms with Crippen molar-refractivity contribution in [3.05, 3.63) is 45.9 Å². The number of amides is 1. The highest BCUT2D eigenvalue weighted by molar-refractivity contribution is 7.80. The number of hydrogen-bond donors (Lipinski definition) is 1. The minimum absolute atomic E-state index is 0.219. The zero-order valence-electron chi connectivity index (χ0n) is 12.8. The van der Waals surface area contributed by atoms with Gasteiger partial charge in [-0.2, -0.15) is 0 Å². The maximum Gasteiger partial charge on any atom is 0.253 e. The van der Waals surface area contributed by atoms with Crippen LogP contribution in [0.25, 0.3) is 0 Å². The Balaban J connectivity index is 2.67. The first kappa shape index (κ1) is 16.7. The van der Waals surface area contributed by atoms with Gasteiger partial charge >= 0.3 is 0 Å². The lowest BCUT2D eigenvalue weighted by molar-refractivity contribution is -0.125. The molecule has 1 atom stereocenters. The Labute approximate surface area is 139 Å². The molecule has 2 rings (SSSR count). The minimum atomic E-state index is -0.715. The lowest BCUT2D eigenvalue weighted by Gasteiger charge is -2.36. The molecule has 22 heavy (non-hydrogen) atoms. The number of allylic oxidation sites excluding steroid dienone is 1. The van der Waals surface area contributed by atoms with Crippen LogP contribution >= 0.6 is 23.8 Å². The van der Waals surface area contributed by atoms with Crippen LogP contribution in [0.3, 0.4) is 0 Å². The Bertz CT molecular complexity index is 655. The van der Waals surface area contributed by atoms with Crippen LogP contribution in [-0.2, 0) is 4.79 Å². The van der Waals surface area contributed by atoms with E-state index in [-0.39, 0.29) is 16.5 Å². The predicted octanol–water partition coefficient (Wildman–Crippen LogP) is 2.70. The number of carbonyl (C=O) groups excluding carboxylic acids is 1. The molecule has 1 N–H and O–H groups in total. The Morgan fingerprint density at radius 2 is 2.09 bits per heavy atom. The second-order valence-corrected chi connectivity index (χ2v) is 6.07. The van der Waals surface area contributed by atoms with Crippen LogP contribution < -0.4 is 5.32 Å². The molecule has 0 aliphatic carbocycles. The highest BCUT2D eigenvalue weighted by atomic mass is 35.5. The summed E-state index contributed by atoms with van der Waals surface area (Å²) in [5.74, 6) is -0.696. The number of nitrogens with one attached hydrogen (secondary N) is 1. The SMILES string of the molecule is CC1=C(C(=O)N(C)C)[C@@H](c2c(F)cccc2Cl)NC(=S)N1C. The van der Waals surface area contributed by atoms with Crippen molar-refractivity contribution in [1.29, 1.82) is 0 Å². The van der Waals surface area contributed by atoms with Crippen molar-refractivity contribution in [2.75, 3.05) is 21.1 Å². The largest absolute Gasteiger partial charge is 0.351 e. The molecule has 0 saturated carbocycles. The summed E-state index contributed by atoms with van der Waals surface area (Å²) < 4.78 is 14.3. The van der Waals surface area contributed by atoms with E-state index in [4.69, 9.17) is 23.8 Å². The summed E-state index contributed by atoms with van der Waals surface area (Å²) in [5.41, 5.74) is 1.32. The first-order valence-corrected chi connectivity index (χ1v) is 7.44. The fraction of sp³-hybridized carbons (Fsp3) is 0.333. The van der Waals surface area contributed by atoms with E-state index in [1.165, 1.54) is 17.0 Å². The Hall–Kier alpha value is -1.66. The van der Waals surface area contributed by atoms with Crippen LogP contribution in [0.5, 0.6) is 0 Å². The topological polar surface area (TPSA) is 35.6 Å². The van der Waals surface area contributed by atoms with Crippen molar-refractivity contribution >= 4 is 34.8 Å². The molecule has 0 radical (unpaired) electrons. The van der Waals surface area contributed by atoms with Gasteiger partial charge in [-0.15, -0.1) is 0 Å². The molecule has 1 aliphatic heterocycles. The lowest BCUT2D eigenvalue weighted by Crippen LogP contribution is -2.47. The number of benzene rings is 1. The first-order valence-electron chi connectivity index (χ1n) is 6.66. The molecule has 1 aromatic rings. The van der Waals surface area contributed by atoms with Crippen molar-refractivity contribution in [3.63, 3.8) is 0 Å². The van der Waals surface area contributed by atoms with Crippen LogP contribution in [0.15, 0.2) is 29.5 Å². The molecule has 118 valence electrons. The van der Waals surface area contributed by atoms with Crippen molar-refractivity contribution in [2.24, 2.45) is 0 Å². The third-order valence-corrected chi connectivity index (χ3v) is 4.40. The summed E-state index contributed by atoms with van der Waals surface area (Å²) in [6, 6.07) is 3.72. The van der Waals surface area contributed by atoms with Gasteiger partial charge < -0.3 is 15.1 Å². The van der Waals surface area contributed by atoms with Gasteiger partial charge in [0.15, 0.2) is 5.11 Å². The number of nitrogens with zero attached hydrogens (tertiary/aromatic N) is 2. The van der Waals surface area contributed by atoms with E-state index in [0.29, 0.717) is 16.4 Å². The number of halogens is 2. The molecule has 1 heterocycles. The second kappa shape index (κ2) is 6.22. The van der Waals surface area contributed by atoms with Gasteiger partial charge in [0.2, 0.25) is 0 Å². The number of hydrogen-bond acceptors (Lipinski definition) is 2. The average Bonchev–Trinajstić information content (AvgIpc) is 2.44. The fourth-order valence-electron chi connectivity index (χ4n) is 2.36.